The van der Waals surface area contributed by atoms with Gasteiger partial charge in [0.1, 0.15) is 5.69 Å². The number of hydrazine groups is 1. The van der Waals surface area contributed by atoms with Crippen molar-refractivity contribution in [2.45, 2.75) is 46.3 Å². The quantitative estimate of drug-likeness (QED) is 0.320. The minimum atomic E-state index is -4.46. The van der Waals surface area contributed by atoms with Gasteiger partial charge in [-0.3, -0.25) is 15.2 Å². The fourth-order valence-electron chi connectivity index (χ4n) is 3.27. The van der Waals surface area contributed by atoms with Gasteiger partial charge in [0.2, 0.25) is 11.9 Å². The molecule has 1 aliphatic rings. The van der Waals surface area contributed by atoms with Gasteiger partial charge in [0.15, 0.2) is 0 Å². The molecule has 3 rings (SSSR count). The molecule has 0 fully saturated rings. The number of imidazole rings is 1. The van der Waals surface area contributed by atoms with Crippen molar-refractivity contribution in [1.29, 1.82) is 0 Å². The number of aromatic amines is 1. The summed E-state index contributed by atoms with van der Waals surface area (Å²) in [5.74, 6) is -0.667. The van der Waals surface area contributed by atoms with Crippen LogP contribution < -0.4 is 15.9 Å². The highest BCUT2D eigenvalue weighted by molar-refractivity contribution is 5.78. The average Bonchev–Trinajstić information content (AvgIpc) is 2.99. The minimum absolute atomic E-state index is 0.0215. The van der Waals surface area contributed by atoms with Crippen molar-refractivity contribution in [3.63, 3.8) is 0 Å². The fourth-order valence-corrected chi connectivity index (χ4v) is 3.27. The number of hydrogen-bond acceptors (Lipinski definition) is 6. The molecule has 2 aromatic rings. The number of halogens is 5. The molecular formula is C23H24F5N6O2-. The van der Waals surface area contributed by atoms with Crippen LogP contribution in [0.5, 0.6) is 0 Å². The normalized spacial score (nSPS) is 14.0. The van der Waals surface area contributed by atoms with Gasteiger partial charge in [-0.15, -0.1) is 0 Å². The number of hydrogen-bond donors (Lipinski definition) is 3. The minimum Gasteiger partial charge on any atom is -0.739 e. The number of anilines is 2. The summed E-state index contributed by atoms with van der Waals surface area (Å²) < 4.78 is 66.0. The Morgan fingerprint density at radius 3 is 2.64 bits per heavy atom. The molecule has 3 N–H and O–H groups in total. The molecule has 1 aliphatic carbocycles. The number of nitrogens with one attached hydrogen (secondary N) is 3. The monoisotopic (exact) mass is 511 g/mol. The van der Waals surface area contributed by atoms with E-state index in [1.54, 1.807) is 20.8 Å². The molecule has 13 heteroatoms. The first-order chi connectivity index (χ1) is 16.9. The molecule has 2 heterocycles. The number of amides is 1. The van der Waals surface area contributed by atoms with E-state index in [1.165, 1.54) is 24.3 Å². The van der Waals surface area contributed by atoms with Crippen LogP contribution in [0, 0.1) is 18.0 Å². The van der Waals surface area contributed by atoms with Gasteiger partial charge in [-0.2, -0.15) is 13.2 Å². The summed E-state index contributed by atoms with van der Waals surface area (Å²) in [6.45, 7) is 4.95. The van der Waals surface area contributed by atoms with E-state index in [4.69, 9.17) is 0 Å². The van der Waals surface area contributed by atoms with Crippen LogP contribution in [-0.4, -0.2) is 27.0 Å². The van der Waals surface area contributed by atoms with Gasteiger partial charge in [0.25, 0.3) is 6.43 Å². The summed E-state index contributed by atoms with van der Waals surface area (Å²) >= 11 is 0. The number of H-pyrrole nitrogens is 1. The molecule has 0 saturated heterocycles. The molecule has 0 aromatic carbocycles. The number of allylic oxidation sites excluding steroid dienone is 6. The maximum Gasteiger partial charge on any atom is 0.412 e. The van der Waals surface area contributed by atoms with Crippen molar-refractivity contribution in [2.75, 3.05) is 10.6 Å². The van der Waals surface area contributed by atoms with Gasteiger partial charge >= 0.3 is 6.18 Å². The molecule has 1 amide bonds. The number of rotatable bonds is 8. The van der Waals surface area contributed by atoms with Crippen molar-refractivity contribution in [1.82, 2.24) is 20.3 Å². The van der Waals surface area contributed by atoms with E-state index >= 15 is 0 Å². The van der Waals surface area contributed by atoms with E-state index in [0.717, 1.165) is 12.3 Å². The molecule has 0 bridgehead atoms. The summed E-state index contributed by atoms with van der Waals surface area (Å²) in [6, 6.07) is 1.17. The van der Waals surface area contributed by atoms with Gasteiger partial charge in [-0.05, 0) is 25.0 Å². The van der Waals surface area contributed by atoms with Crippen LogP contribution in [0.3, 0.4) is 0 Å². The Bertz CT molecular complexity index is 1200. The third-order valence-corrected chi connectivity index (χ3v) is 5.20. The van der Waals surface area contributed by atoms with Crippen molar-refractivity contribution >= 4 is 23.1 Å². The smallest absolute Gasteiger partial charge is 0.412 e. The Kier molecular flexibility index (Phi) is 8.13. The zero-order chi connectivity index (χ0) is 26.6. The van der Waals surface area contributed by atoms with Crippen LogP contribution in [0.25, 0.3) is 5.57 Å². The van der Waals surface area contributed by atoms with Crippen LogP contribution in [0.1, 0.15) is 49.3 Å². The largest absolute Gasteiger partial charge is 0.739 e. The average molecular weight is 511 g/mol. The summed E-state index contributed by atoms with van der Waals surface area (Å²) in [6.07, 6.45) is -1.62. The number of carbonyl (C=O) groups is 1. The molecule has 8 nitrogen and oxygen atoms in total. The molecular weight excluding hydrogens is 487 g/mol. The molecule has 0 radical (unpaired) electrons. The molecule has 0 unspecified atom stereocenters. The molecule has 0 atom stereocenters. The second-order valence-corrected chi connectivity index (χ2v) is 8.30. The number of alkyl halides is 5. The Morgan fingerprint density at radius 1 is 1.28 bits per heavy atom. The zero-order valence-corrected chi connectivity index (χ0v) is 19.6. The lowest BCUT2D eigenvalue weighted by Gasteiger charge is -2.32. The first kappa shape index (κ1) is 26.9. The Balaban J connectivity index is 1.83. The second kappa shape index (κ2) is 10.9. The molecule has 2 aromatic heterocycles. The maximum atomic E-state index is 13.5. The van der Waals surface area contributed by atoms with Crippen molar-refractivity contribution in [3.8, 4) is 0 Å². The third kappa shape index (κ3) is 6.47. The fraction of sp³-hybridized carbons (Fsp3) is 0.348. The van der Waals surface area contributed by atoms with Crippen LogP contribution >= 0.6 is 0 Å². The van der Waals surface area contributed by atoms with Crippen molar-refractivity contribution in [2.24, 2.45) is 5.92 Å². The van der Waals surface area contributed by atoms with E-state index in [2.05, 4.69) is 25.7 Å². The summed E-state index contributed by atoms with van der Waals surface area (Å²) in [4.78, 5) is 22.4. The molecule has 0 saturated carbocycles. The molecule has 0 spiro atoms. The van der Waals surface area contributed by atoms with Gasteiger partial charge in [0, 0.05) is 35.5 Å². The number of aryl methyl sites for hydroxylation is 1. The lowest BCUT2D eigenvalue weighted by molar-refractivity contribution is -0.124. The summed E-state index contributed by atoms with van der Waals surface area (Å²) in [5.41, 5.74) is 1.73. The maximum absolute atomic E-state index is 13.5. The number of aromatic nitrogens is 3. The van der Waals surface area contributed by atoms with Gasteiger partial charge in [-0.1, -0.05) is 38.2 Å². The number of carbonyl (C=O) groups excluding carboxylic acids is 1. The summed E-state index contributed by atoms with van der Waals surface area (Å²) in [5, 5.41) is 15.4. The Hall–Kier alpha value is -3.74. The molecule has 36 heavy (non-hydrogen) atoms. The number of nitrogens with zero attached hydrogens (tertiary/aromatic N) is 3. The van der Waals surface area contributed by atoms with E-state index in [1.807, 2.05) is 0 Å². The SMILES string of the molecule is Cc1[nH]c(NN([O-])c2cc(CNC(=O)C(C)C)cnc2C(F)F)nc1C1=CC=C(C(F)(F)F)CC=C1. The first-order valence-electron chi connectivity index (χ1n) is 10.9. The number of pyridine rings is 1. The van der Waals surface area contributed by atoms with Crippen molar-refractivity contribution in [3.05, 3.63) is 70.0 Å². The predicted molar refractivity (Wildman–Crippen MR) is 125 cm³/mol. The Labute approximate surface area is 203 Å². The van der Waals surface area contributed by atoms with Crippen LogP contribution in [0.4, 0.5) is 33.6 Å². The van der Waals surface area contributed by atoms with Crippen LogP contribution in [0.15, 0.2) is 42.1 Å². The van der Waals surface area contributed by atoms with Crippen LogP contribution in [-0.2, 0) is 11.3 Å². The topological polar surface area (TPSA) is 109 Å². The standard InChI is InChI=1S/C23H24F5N6O2/c1-12(2)21(35)30-11-14-9-17(19(20(24)25)29-10-14)34(36)33-22-31-13(3)18(32-22)15-5-4-6-16(8-7-15)23(26,27)28/h4-5,7-10,12,20H,6,11H2,1-3H3,(H,30,35)(H2,31,32,33)/q-1. The van der Waals surface area contributed by atoms with E-state index in [0.29, 0.717) is 16.8 Å². The summed E-state index contributed by atoms with van der Waals surface area (Å²) in [7, 11) is 0. The highest BCUT2D eigenvalue weighted by Crippen LogP contribution is 2.32. The highest BCUT2D eigenvalue weighted by Gasteiger charge is 2.32. The second-order valence-electron chi connectivity index (χ2n) is 8.30. The lowest BCUT2D eigenvalue weighted by Crippen LogP contribution is -2.28. The lowest BCUT2D eigenvalue weighted by atomic mass is 10.1. The van der Waals surface area contributed by atoms with E-state index in [9.17, 15) is 32.0 Å². The first-order valence-corrected chi connectivity index (χ1v) is 10.9. The van der Waals surface area contributed by atoms with Gasteiger partial charge in [-0.25, -0.2) is 13.8 Å². The third-order valence-electron chi connectivity index (χ3n) is 5.20. The zero-order valence-electron chi connectivity index (χ0n) is 19.6. The molecule has 0 aliphatic heterocycles. The van der Waals surface area contributed by atoms with Gasteiger partial charge < -0.3 is 20.7 Å². The van der Waals surface area contributed by atoms with Crippen LogP contribution in [0.2, 0.25) is 0 Å². The van der Waals surface area contributed by atoms with E-state index < -0.39 is 29.6 Å². The van der Waals surface area contributed by atoms with E-state index in [-0.39, 0.29) is 41.6 Å². The van der Waals surface area contributed by atoms with Crippen molar-refractivity contribution < 1.29 is 26.7 Å². The van der Waals surface area contributed by atoms with Gasteiger partial charge in [0.05, 0.1) is 11.4 Å². The molecule has 194 valence electrons. The Morgan fingerprint density at radius 2 is 2.00 bits per heavy atom. The predicted octanol–water partition coefficient (Wildman–Crippen LogP) is 5.49. The highest BCUT2D eigenvalue weighted by atomic mass is 19.4.